The lowest BCUT2D eigenvalue weighted by atomic mass is 9.98. The van der Waals surface area contributed by atoms with Crippen molar-refractivity contribution in [3.8, 4) is 0 Å². The van der Waals surface area contributed by atoms with E-state index in [1.165, 1.54) is 122 Å². The topological polar surface area (TPSA) is 145 Å². The van der Waals surface area contributed by atoms with Crippen molar-refractivity contribution in [1.82, 2.24) is 5.32 Å². The van der Waals surface area contributed by atoms with Gasteiger partial charge in [0.05, 0.1) is 35.9 Å². The average molecular weight is 1180 g/mol. The van der Waals surface area contributed by atoms with E-state index in [1.807, 2.05) is 30.4 Å². The van der Waals surface area contributed by atoms with Crippen LogP contribution in [-0.2, 0) is 37.3 Å². The van der Waals surface area contributed by atoms with E-state index in [0.29, 0.717) is 17.5 Å². The zero-order chi connectivity index (χ0) is 60.5. The average Bonchev–Trinajstić information content (AvgIpc) is 1.55. The number of benzene rings is 3. The normalized spacial score (nSPS) is 19.5. The summed E-state index contributed by atoms with van der Waals surface area (Å²) in [6, 6.07) is 25.2. The summed E-state index contributed by atoms with van der Waals surface area (Å²) < 4.78 is 47.2. The van der Waals surface area contributed by atoms with Gasteiger partial charge in [-0.25, -0.2) is 14.4 Å². The summed E-state index contributed by atoms with van der Waals surface area (Å²) in [6.45, 7) is 16.9. The molecule has 0 bridgehead atoms. The predicted molar refractivity (Wildman–Crippen MR) is 339 cm³/mol. The van der Waals surface area contributed by atoms with Gasteiger partial charge >= 0.3 is 26.5 Å². The summed E-state index contributed by atoms with van der Waals surface area (Å²) in [5.41, 5.74) is 0.936. The molecule has 0 saturated carbocycles. The van der Waals surface area contributed by atoms with E-state index in [9.17, 15) is 19.2 Å². The molecule has 2 heterocycles. The van der Waals surface area contributed by atoms with Gasteiger partial charge in [0, 0.05) is 16.5 Å². The molecule has 0 aliphatic carbocycles. The maximum absolute atomic E-state index is 14.3. The molecular formula is C71H109NO11Si. The van der Waals surface area contributed by atoms with E-state index in [4.69, 9.17) is 32.5 Å². The minimum atomic E-state index is -3.26. The van der Waals surface area contributed by atoms with Gasteiger partial charge in [0.25, 0.3) is 0 Å². The molecule has 2 saturated heterocycles. The van der Waals surface area contributed by atoms with Crippen molar-refractivity contribution in [2.75, 3.05) is 13.2 Å². The van der Waals surface area contributed by atoms with E-state index in [2.05, 4.69) is 60.7 Å². The number of hydrogen-bond donors (Lipinski definition) is 1. The Kier molecular flexibility index (Phi) is 32.1. The highest BCUT2D eigenvalue weighted by atomic mass is 28.4. The number of ether oxygens (including phenoxy) is 5. The zero-order valence-corrected chi connectivity index (χ0v) is 54.1. The minimum Gasteiger partial charge on any atom is -0.452 e. The second-order valence-electron chi connectivity index (χ2n) is 25.7. The monoisotopic (exact) mass is 1180 g/mol. The molecule has 84 heavy (non-hydrogen) atoms. The quantitative estimate of drug-likeness (QED) is 0.0191. The van der Waals surface area contributed by atoms with Crippen LogP contribution < -0.4 is 5.32 Å². The van der Waals surface area contributed by atoms with Gasteiger partial charge in [-0.05, 0) is 61.7 Å². The van der Waals surface area contributed by atoms with Crippen molar-refractivity contribution in [3.63, 3.8) is 0 Å². The molecule has 13 heteroatoms. The SMILES string of the molecule is CCCCCCCCCCCCC/C=C/[C@@H](OC(=O)c1ccccc1)[C@H](CO[C@H]1O[C@@H]2CO[Si](C(C)(C)C)(C(C)(C)C)O[C@@H]2[C@H](OC(=O)c2ccccc2)[C@H]1OC(=O)c1ccccc1)NC(=O)CCCCCCCCCCCCCCCCC. The summed E-state index contributed by atoms with van der Waals surface area (Å²) in [5, 5.41) is 2.30. The van der Waals surface area contributed by atoms with Crippen LogP contribution in [0, 0.1) is 0 Å². The van der Waals surface area contributed by atoms with Gasteiger partial charge in [-0.3, -0.25) is 4.79 Å². The Morgan fingerprint density at radius 3 is 1.39 bits per heavy atom. The number of amides is 1. The summed E-state index contributed by atoms with van der Waals surface area (Å²) >= 11 is 0. The number of rotatable bonds is 40. The van der Waals surface area contributed by atoms with Crippen LogP contribution in [0.4, 0.5) is 0 Å². The highest BCUT2D eigenvalue weighted by molar-refractivity contribution is 6.73. The molecule has 2 fully saturated rings. The molecule has 5 rings (SSSR count). The molecule has 0 unspecified atom stereocenters. The standard InChI is InChI=1S/C71H109NO11Si/c1-9-11-13-15-17-19-21-23-24-26-28-30-32-34-45-53-62(73)72-59(60(79-66(74)56-46-38-35-39-47-56)52-44-33-31-29-27-25-22-20-18-16-14-12-10-2)54-77-69-65(82-68(76)58-50-42-37-43-51-58)64(81-67(75)57-48-40-36-41-49-57)63-61(80-69)55-78-84(83-63,70(3,4)5)71(6,7)8/h35-44,46-52,59-61,63-65,69H,9-34,45,53-55H2,1-8H3,(H,72,73)/b52-44+/t59-,60+,61+,63-,64-,65+,69-/m0/s1. The van der Waals surface area contributed by atoms with Gasteiger partial charge in [-0.15, -0.1) is 0 Å². The first-order valence-electron chi connectivity index (χ1n) is 32.9. The highest BCUT2D eigenvalue weighted by Crippen LogP contribution is 2.55. The number of nitrogens with one attached hydrogen (secondary N) is 1. The van der Waals surface area contributed by atoms with Crippen LogP contribution in [0.1, 0.15) is 266 Å². The fourth-order valence-electron chi connectivity index (χ4n) is 11.9. The van der Waals surface area contributed by atoms with Crippen molar-refractivity contribution in [2.45, 2.75) is 288 Å². The number of carbonyl (C=O) groups excluding carboxylic acids is 4. The van der Waals surface area contributed by atoms with Gasteiger partial charge in [0.2, 0.25) is 5.91 Å². The predicted octanol–water partition coefficient (Wildman–Crippen LogP) is 17.9. The molecular weight excluding hydrogens is 1070 g/mol. The van der Waals surface area contributed by atoms with Crippen LogP contribution in [-0.4, -0.2) is 88.4 Å². The molecule has 2 aliphatic heterocycles. The Bertz CT molecular complexity index is 2300. The van der Waals surface area contributed by atoms with E-state index >= 15 is 0 Å². The summed E-state index contributed by atoms with van der Waals surface area (Å²) in [4.78, 5) is 57.0. The van der Waals surface area contributed by atoms with Crippen molar-refractivity contribution in [3.05, 3.63) is 120 Å². The number of allylic oxidation sites excluding steroid dienone is 1. The molecule has 0 aromatic heterocycles. The third-order valence-corrected chi connectivity index (χ3v) is 21.7. The Morgan fingerprint density at radius 2 is 0.952 bits per heavy atom. The molecule has 1 amide bonds. The van der Waals surface area contributed by atoms with Crippen molar-refractivity contribution in [1.29, 1.82) is 0 Å². The van der Waals surface area contributed by atoms with Gasteiger partial charge in [-0.1, -0.05) is 270 Å². The van der Waals surface area contributed by atoms with Crippen LogP contribution >= 0.6 is 0 Å². The second kappa shape index (κ2) is 38.5. The second-order valence-corrected chi connectivity index (χ2v) is 30.5. The lowest BCUT2D eigenvalue weighted by molar-refractivity contribution is -0.308. The zero-order valence-electron chi connectivity index (χ0n) is 53.1. The molecule has 0 radical (unpaired) electrons. The lowest BCUT2D eigenvalue weighted by Crippen LogP contribution is -2.72. The molecule has 3 aromatic carbocycles. The fourth-order valence-corrected chi connectivity index (χ4v) is 16.9. The molecule has 12 nitrogen and oxygen atoms in total. The highest BCUT2D eigenvalue weighted by Gasteiger charge is 2.66. The Balaban J connectivity index is 1.40. The van der Waals surface area contributed by atoms with E-state index in [0.717, 1.165) is 44.9 Å². The van der Waals surface area contributed by atoms with Crippen LogP contribution in [0.5, 0.6) is 0 Å². The summed E-state index contributed by atoms with van der Waals surface area (Å²) in [5.74, 6) is -2.09. The first-order chi connectivity index (χ1) is 40.6. The summed E-state index contributed by atoms with van der Waals surface area (Å²) in [7, 11) is -3.26. The van der Waals surface area contributed by atoms with Crippen LogP contribution in [0.3, 0.4) is 0 Å². The summed E-state index contributed by atoms with van der Waals surface area (Å²) in [6.07, 6.45) is 30.0. The van der Waals surface area contributed by atoms with E-state index < -0.39 is 79.4 Å². The third-order valence-electron chi connectivity index (χ3n) is 16.6. The Hall–Kier alpha value is -4.66. The maximum atomic E-state index is 14.3. The number of esters is 3. The number of fused-ring (bicyclic) bond motifs is 1. The first-order valence-corrected chi connectivity index (χ1v) is 34.7. The van der Waals surface area contributed by atoms with Crippen LogP contribution in [0.15, 0.2) is 103 Å². The number of hydrogen-bond acceptors (Lipinski definition) is 11. The van der Waals surface area contributed by atoms with Gasteiger partial charge in [0.15, 0.2) is 18.5 Å². The molecule has 2 aliphatic rings. The first kappa shape index (κ1) is 70.1. The van der Waals surface area contributed by atoms with Gasteiger partial charge in [-0.2, -0.15) is 0 Å². The Labute approximate surface area is 508 Å². The number of carbonyl (C=O) groups is 4. The largest absolute Gasteiger partial charge is 0.452 e. The maximum Gasteiger partial charge on any atom is 0.349 e. The molecule has 0 spiro atoms. The Morgan fingerprint density at radius 1 is 0.548 bits per heavy atom. The van der Waals surface area contributed by atoms with Crippen molar-refractivity contribution < 1.29 is 51.7 Å². The fraction of sp³-hybridized carbons (Fsp3) is 0.662. The third kappa shape index (κ3) is 23.9. The van der Waals surface area contributed by atoms with Gasteiger partial charge in [0.1, 0.15) is 18.3 Å². The van der Waals surface area contributed by atoms with E-state index in [1.54, 1.807) is 72.8 Å². The van der Waals surface area contributed by atoms with Crippen LogP contribution in [0.2, 0.25) is 10.1 Å². The van der Waals surface area contributed by atoms with Gasteiger partial charge < -0.3 is 37.9 Å². The molecule has 1 N–H and O–H groups in total. The van der Waals surface area contributed by atoms with Crippen molar-refractivity contribution in [2.24, 2.45) is 0 Å². The van der Waals surface area contributed by atoms with E-state index in [-0.39, 0.29) is 31.1 Å². The minimum absolute atomic E-state index is 0.0859. The smallest absolute Gasteiger partial charge is 0.349 e. The lowest BCUT2D eigenvalue weighted by Gasteiger charge is -2.57. The van der Waals surface area contributed by atoms with Crippen molar-refractivity contribution >= 4 is 32.4 Å². The molecule has 468 valence electrons. The molecule has 3 aromatic rings. The molecule has 7 atom stereocenters. The van der Waals surface area contributed by atoms with Crippen LogP contribution in [0.25, 0.3) is 0 Å². The number of unbranched alkanes of at least 4 members (excludes halogenated alkanes) is 25.